The van der Waals surface area contributed by atoms with Crippen molar-refractivity contribution in [3.63, 3.8) is 0 Å². The van der Waals surface area contributed by atoms with E-state index < -0.39 is 5.97 Å². The normalized spacial score (nSPS) is 12.0. The second kappa shape index (κ2) is 8.95. The minimum atomic E-state index is -0.887. The van der Waals surface area contributed by atoms with E-state index in [1.54, 1.807) is 11.8 Å². The van der Waals surface area contributed by atoms with Gasteiger partial charge in [-0.3, -0.25) is 9.59 Å². The number of hydrogen-bond acceptors (Lipinski definition) is 3. The molecular weight excluding hydrogens is 310 g/mol. The molecule has 0 aromatic heterocycles. The predicted octanol–water partition coefficient (Wildman–Crippen LogP) is 3.28. The van der Waals surface area contributed by atoms with E-state index in [1.807, 2.05) is 31.2 Å². The van der Waals surface area contributed by atoms with Gasteiger partial charge in [0, 0.05) is 23.4 Å². The molecule has 0 aliphatic heterocycles. The van der Waals surface area contributed by atoms with Gasteiger partial charge in [-0.2, -0.15) is 0 Å². The highest BCUT2D eigenvalue weighted by Crippen LogP contribution is 2.16. The van der Waals surface area contributed by atoms with Gasteiger partial charge in [-0.15, -0.1) is 11.8 Å². The van der Waals surface area contributed by atoms with Crippen LogP contribution >= 0.6 is 23.4 Å². The Morgan fingerprint density at radius 2 is 1.95 bits per heavy atom. The standard InChI is InChI=1S/C15H20ClNO3S/c1-3-17(11(2)8-15(19)20)14(18)10-21-9-12-4-6-13(16)7-5-12/h4-7,11H,3,8-10H2,1-2H3,(H,19,20). The molecule has 1 unspecified atom stereocenters. The summed E-state index contributed by atoms with van der Waals surface area (Å²) in [6.45, 7) is 4.15. The zero-order valence-electron chi connectivity index (χ0n) is 12.2. The molecule has 0 saturated carbocycles. The lowest BCUT2D eigenvalue weighted by molar-refractivity contribution is -0.139. The van der Waals surface area contributed by atoms with Crippen LogP contribution in [0.4, 0.5) is 0 Å². The summed E-state index contributed by atoms with van der Waals surface area (Å²) in [6, 6.07) is 7.24. The van der Waals surface area contributed by atoms with E-state index in [-0.39, 0.29) is 18.4 Å². The summed E-state index contributed by atoms with van der Waals surface area (Å²) in [6.07, 6.45) is -0.0264. The zero-order chi connectivity index (χ0) is 15.8. The highest BCUT2D eigenvalue weighted by molar-refractivity contribution is 7.99. The van der Waals surface area contributed by atoms with E-state index in [0.717, 1.165) is 11.3 Å². The van der Waals surface area contributed by atoms with Crippen LogP contribution in [0.15, 0.2) is 24.3 Å². The summed E-state index contributed by atoms with van der Waals surface area (Å²) < 4.78 is 0. The van der Waals surface area contributed by atoms with Crippen LogP contribution < -0.4 is 0 Å². The van der Waals surface area contributed by atoms with Crippen molar-refractivity contribution in [3.8, 4) is 0 Å². The van der Waals surface area contributed by atoms with Gasteiger partial charge in [-0.1, -0.05) is 23.7 Å². The first-order valence-electron chi connectivity index (χ1n) is 6.77. The highest BCUT2D eigenvalue weighted by Gasteiger charge is 2.20. The minimum Gasteiger partial charge on any atom is -0.481 e. The number of benzene rings is 1. The van der Waals surface area contributed by atoms with Crippen molar-refractivity contribution in [2.45, 2.75) is 32.1 Å². The molecule has 116 valence electrons. The average molecular weight is 330 g/mol. The Labute approximate surface area is 134 Å². The number of thioether (sulfide) groups is 1. The maximum atomic E-state index is 12.1. The molecule has 1 rings (SSSR count). The molecule has 4 nitrogen and oxygen atoms in total. The first kappa shape index (κ1) is 17.9. The molecule has 0 fully saturated rings. The molecule has 1 amide bonds. The average Bonchev–Trinajstić information content (AvgIpc) is 2.41. The van der Waals surface area contributed by atoms with Crippen LogP contribution in [0, 0.1) is 0 Å². The molecule has 6 heteroatoms. The topological polar surface area (TPSA) is 57.6 Å². The van der Waals surface area contributed by atoms with Crippen molar-refractivity contribution in [3.05, 3.63) is 34.9 Å². The molecule has 0 saturated heterocycles. The number of nitrogens with zero attached hydrogens (tertiary/aromatic N) is 1. The number of hydrogen-bond donors (Lipinski definition) is 1. The summed E-state index contributed by atoms with van der Waals surface area (Å²) in [5.41, 5.74) is 1.11. The monoisotopic (exact) mass is 329 g/mol. The molecule has 0 heterocycles. The Morgan fingerprint density at radius 1 is 1.33 bits per heavy atom. The Balaban J connectivity index is 2.43. The van der Waals surface area contributed by atoms with Gasteiger partial charge >= 0.3 is 5.97 Å². The number of carbonyl (C=O) groups is 2. The van der Waals surface area contributed by atoms with Gasteiger partial charge in [0.05, 0.1) is 12.2 Å². The summed E-state index contributed by atoms with van der Waals surface area (Å²) >= 11 is 7.34. The fourth-order valence-corrected chi connectivity index (χ4v) is 3.01. The highest BCUT2D eigenvalue weighted by atomic mass is 35.5. The lowest BCUT2D eigenvalue weighted by atomic mass is 10.2. The van der Waals surface area contributed by atoms with Crippen molar-refractivity contribution < 1.29 is 14.7 Å². The van der Waals surface area contributed by atoms with Crippen LogP contribution in [0.1, 0.15) is 25.8 Å². The minimum absolute atomic E-state index is 0.0230. The summed E-state index contributed by atoms with van der Waals surface area (Å²) in [7, 11) is 0. The SMILES string of the molecule is CCN(C(=O)CSCc1ccc(Cl)cc1)C(C)CC(=O)O. The molecule has 0 radical (unpaired) electrons. The molecule has 21 heavy (non-hydrogen) atoms. The molecule has 0 aliphatic carbocycles. The molecule has 0 bridgehead atoms. The van der Waals surface area contributed by atoms with Crippen molar-refractivity contribution in [2.24, 2.45) is 0 Å². The van der Waals surface area contributed by atoms with E-state index in [9.17, 15) is 9.59 Å². The van der Waals surface area contributed by atoms with Gasteiger partial charge in [0.1, 0.15) is 0 Å². The smallest absolute Gasteiger partial charge is 0.305 e. The molecule has 0 aliphatic rings. The lowest BCUT2D eigenvalue weighted by Crippen LogP contribution is -2.40. The molecule has 1 atom stereocenters. The molecular formula is C15H20ClNO3S. The maximum absolute atomic E-state index is 12.1. The van der Waals surface area contributed by atoms with Gasteiger partial charge in [-0.25, -0.2) is 0 Å². The Bertz CT molecular complexity index is 478. The first-order chi connectivity index (χ1) is 9.93. The first-order valence-corrected chi connectivity index (χ1v) is 8.30. The van der Waals surface area contributed by atoms with Crippen LogP contribution in [0.3, 0.4) is 0 Å². The van der Waals surface area contributed by atoms with Crippen molar-refractivity contribution in [1.82, 2.24) is 4.90 Å². The second-order valence-electron chi connectivity index (χ2n) is 4.75. The van der Waals surface area contributed by atoms with Crippen LogP contribution in [0.25, 0.3) is 0 Å². The third-order valence-electron chi connectivity index (χ3n) is 3.07. The number of carboxylic acid groups (broad SMARTS) is 1. The maximum Gasteiger partial charge on any atom is 0.305 e. The number of amides is 1. The van der Waals surface area contributed by atoms with E-state index in [1.165, 1.54) is 11.8 Å². The van der Waals surface area contributed by atoms with Crippen molar-refractivity contribution >= 4 is 35.2 Å². The fraction of sp³-hybridized carbons (Fsp3) is 0.467. The third kappa shape index (κ3) is 6.40. The van der Waals surface area contributed by atoms with E-state index in [2.05, 4.69) is 0 Å². The van der Waals surface area contributed by atoms with E-state index >= 15 is 0 Å². The second-order valence-corrected chi connectivity index (χ2v) is 6.17. The van der Waals surface area contributed by atoms with Crippen LogP contribution in [0.2, 0.25) is 5.02 Å². The van der Waals surface area contributed by atoms with Crippen molar-refractivity contribution in [1.29, 1.82) is 0 Å². The number of halogens is 1. The number of carbonyl (C=O) groups excluding carboxylic acids is 1. The predicted molar refractivity (Wildman–Crippen MR) is 86.7 cm³/mol. The third-order valence-corrected chi connectivity index (χ3v) is 4.31. The van der Waals surface area contributed by atoms with E-state index in [4.69, 9.17) is 16.7 Å². The van der Waals surface area contributed by atoms with Crippen LogP contribution in [0.5, 0.6) is 0 Å². The molecule has 0 spiro atoms. The fourth-order valence-electron chi connectivity index (χ4n) is 2.02. The van der Waals surface area contributed by atoms with E-state index in [0.29, 0.717) is 17.3 Å². The molecule has 1 aromatic rings. The zero-order valence-corrected chi connectivity index (χ0v) is 13.8. The number of aliphatic carboxylic acids is 1. The quantitative estimate of drug-likeness (QED) is 0.795. The Kier molecular flexibility index (Phi) is 7.61. The van der Waals surface area contributed by atoms with Crippen LogP contribution in [-0.4, -0.2) is 40.2 Å². The van der Waals surface area contributed by atoms with Gasteiger partial charge in [0.25, 0.3) is 0 Å². The van der Waals surface area contributed by atoms with Crippen LogP contribution in [-0.2, 0) is 15.3 Å². The largest absolute Gasteiger partial charge is 0.481 e. The molecule has 1 aromatic carbocycles. The number of rotatable bonds is 8. The van der Waals surface area contributed by atoms with Gasteiger partial charge in [0.15, 0.2) is 0 Å². The van der Waals surface area contributed by atoms with Gasteiger partial charge in [0.2, 0.25) is 5.91 Å². The van der Waals surface area contributed by atoms with Gasteiger partial charge < -0.3 is 10.0 Å². The Hall–Kier alpha value is -1.20. The summed E-state index contributed by atoms with van der Waals surface area (Å²) in [5, 5.41) is 9.50. The molecule has 1 N–H and O–H groups in total. The summed E-state index contributed by atoms with van der Waals surface area (Å²) in [5.74, 6) is 0.168. The van der Waals surface area contributed by atoms with Crippen molar-refractivity contribution in [2.75, 3.05) is 12.3 Å². The van der Waals surface area contributed by atoms with Gasteiger partial charge in [-0.05, 0) is 31.5 Å². The summed E-state index contributed by atoms with van der Waals surface area (Å²) in [4.78, 5) is 24.5. The Morgan fingerprint density at radius 3 is 2.48 bits per heavy atom. The number of carboxylic acids is 1. The lowest BCUT2D eigenvalue weighted by Gasteiger charge is -2.27.